The zero-order valence-corrected chi connectivity index (χ0v) is 15.5. The van der Waals surface area contributed by atoms with Crippen molar-refractivity contribution in [3.05, 3.63) is 81.7 Å². The molecule has 128 valence electrons. The van der Waals surface area contributed by atoms with Crippen LogP contribution in [0, 0.1) is 9.39 Å². The third-order valence-corrected chi connectivity index (χ3v) is 4.47. The van der Waals surface area contributed by atoms with Crippen LogP contribution in [0.4, 0.5) is 10.1 Å². The van der Waals surface area contributed by atoms with Crippen LogP contribution in [0.3, 0.4) is 0 Å². The summed E-state index contributed by atoms with van der Waals surface area (Å²) in [5.74, 6) is -0.316. The Balaban J connectivity index is 1.62. The Hall–Kier alpha value is -2.74. The number of amides is 1. The summed E-state index contributed by atoms with van der Waals surface area (Å²) in [6.07, 6.45) is 0. The summed E-state index contributed by atoms with van der Waals surface area (Å²) in [5.41, 5.74) is 2.97. The van der Waals surface area contributed by atoms with Crippen molar-refractivity contribution in [1.82, 2.24) is 4.98 Å². The van der Waals surface area contributed by atoms with Gasteiger partial charge in [-0.2, -0.15) is 0 Å². The summed E-state index contributed by atoms with van der Waals surface area (Å²) in [6, 6.07) is 18.6. The third kappa shape index (κ3) is 3.45. The fourth-order valence-corrected chi connectivity index (χ4v) is 3.13. The molecule has 4 aromatic rings. The fourth-order valence-electron chi connectivity index (χ4n) is 2.58. The minimum absolute atomic E-state index is 0.254. The zero-order chi connectivity index (χ0) is 18.1. The summed E-state index contributed by atoms with van der Waals surface area (Å²) in [6.45, 7) is 0. The lowest BCUT2D eigenvalue weighted by Crippen LogP contribution is -2.11. The highest BCUT2D eigenvalue weighted by Gasteiger charge is 2.11. The average Bonchev–Trinajstić information content (AvgIpc) is 3.05. The van der Waals surface area contributed by atoms with Crippen LogP contribution in [0.5, 0.6) is 0 Å². The number of benzene rings is 3. The smallest absolute Gasteiger partial charge is 0.255 e. The Morgan fingerprint density at radius 1 is 1.04 bits per heavy atom. The molecule has 0 unspecified atom stereocenters. The molecule has 0 saturated heterocycles. The molecule has 1 amide bonds. The van der Waals surface area contributed by atoms with E-state index in [1.807, 2.05) is 24.3 Å². The lowest BCUT2D eigenvalue weighted by atomic mass is 10.2. The fraction of sp³-hybridized carbons (Fsp3) is 0. The highest BCUT2D eigenvalue weighted by Crippen LogP contribution is 2.27. The first-order chi connectivity index (χ1) is 12.6. The van der Waals surface area contributed by atoms with Crippen LogP contribution in [0.15, 0.2) is 71.1 Å². The molecule has 0 aliphatic carbocycles. The standard InChI is InChI=1S/C20H12FIN2O2/c21-14-5-1-3-12(9-14)19(25)23-16-7-8-18-17(11-16)24-20(26-18)13-4-2-6-15(22)10-13/h1-11H,(H,23,25). The normalized spacial score (nSPS) is 10.8. The molecule has 4 rings (SSSR count). The number of nitrogens with one attached hydrogen (secondary N) is 1. The molecule has 0 atom stereocenters. The van der Waals surface area contributed by atoms with E-state index in [1.165, 1.54) is 18.2 Å². The predicted molar refractivity (Wildman–Crippen MR) is 107 cm³/mol. The van der Waals surface area contributed by atoms with Crippen molar-refractivity contribution in [3.8, 4) is 11.5 Å². The summed E-state index contributed by atoms with van der Waals surface area (Å²) < 4.78 is 20.1. The second-order valence-electron chi connectivity index (χ2n) is 5.68. The summed E-state index contributed by atoms with van der Waals surface area (Å²) in [4.78, 5) is 16.7. The quantitative estimate of drug-likeness (QED) is 0.413. The summed E-state index contributed by atoms with van der Waals surface area (Å²) >= 11 is 2.23. The van der Waals surface area contributed by atoms with Crippen molar-refractivity contribution in [1.29, 1.82) is 0 Å². The third-order valence-electron chi connectivity index (χ3n) is 3.80. The molecule has 6 heteroatoms. The van der Waals surface area contributed by atoms with Crippen molar-refractivity contribution in [2.75, 3.05) is 5.32 Å². The van der Waals surface area contributed by atoms with E-state index in [2.05, 4.69) is 32.9 Å². The molecule has 1 heterocycles. The van der Waals surface area contributed by atoms with Gasteiger partial charge in [-0.1, -0.05) is 12.1 Å². The van der Waals surface area contributed by atoms with Crippen molar-refractivity contribution < 1.29 is 13.6 Å². The first kappa shape index (κ1) is 16.7. The number of hydrogen-bond donors (Lipinski definition) is 1. The number of carbonyl (C=O) groups is 1. The van der Waals surface area contributed by atoms with Crippen LogP contribution >= 0.6 is 22.6 Å². The summed E-state index contributed by atoms with van der Waals surface area (Å²) in [5, 5.41) is 2.75. The average molecular weight is 458 g/mol. The van der Waals surface area contributed by atoms with E-state index in [-0.39, 0.29) is 11.5 Å². The lowest BCUT2D eigenvalue weighted by Gasteiger charge is -2.04. The number of nitrogens with zero attached hydrogens (tertiary/aromatic N) is 1. The number of anilines is 1. The van der Waals surface area contributed by atoms with Crippen molar-refractivity contribution in [3.63, 3.8) is 0 Å². The number of oxazole rings is 1. The van der Waals surface area contributed by atoms with Crippen molar-refractivity contribution in [2.45, 2.75) is 0 Å². The van der Waals surface area contributed by atoms with E-state index in [4.69, 9.17) is 4.42 Å². The van der Waals surface area contributed by atoms with E-state index in [9.17, 15) is 9.18 Å². The van der Waals surface area contributed by atoms with Gasteiger partial charge in [0, 0.05) is 20.4 Å². The molecule has 0 aliphatic heterocycles. The Kier molecular flexibility index (Phi) is 4.42. The Bertz CT molecular complexity index is 1120. The van der Waals surface area contributed by atoms with E-state index in [1.54, 1.807) is 24.3 Å². The van der Waals surface area contributed by atoms with Crippen LogP contribution in [0.1, 0.15) is 10.4 Å². The lowest BCUT2D eigenvalue weighted by molar-refractivity contribution is 0.102. The molecule has 0 radical (unpaired) electrons. The van der Waals surface area contributed by atoms with Crippen LogP contribution < -0.4 is 5.32 Å². The Morgan fingerprint density at radius 2 is 1.88 bits per heavy atom. The van der Waals surface area contributed by atoms with Crippen LogP contribution in [-0.4, -0.2) is 10.9 Å². The monoisotopic (exact) mass is 458 g/mol. The number of hydrogen-bond acceptors (Lipinski definition) is 3. The van der Waals surface area contributed by atoms with Crippen molar-refractivity contribution in [2.24, 2.45) is 0 Å². The second-order valence-corrected chi connectivity index (χ2v) is 6.92. The van der Waals surface area contributed by atoms with Gasteiger partial charge in [-0.25, -0.2) is 9.37 Å². The van der Waals surface area contributed by atoms with E-state index < -0.39 is 5.82 Å². The highest BCUT2D eigenvalue weighted by atomic mass is 127. The second kappa shape index (κ2) is 6.87. The first-order valence-electron chi connectivity index (χ1n) is 7.82. The molecular formula is C20H12FIN2O2. The van der Waals surface area contributed by atoms with Gasteiger partial charge < -0.3 is 9.73 Å². The molecular weight excluding hydrogens is 446 g/mol. The van der Waals surface area contributed by atoms with Gasteiger partial charge in [0.1, 0.15) is 11.3 Å². The summed E-state index contributed by atoms with van der Waals surface area (Å²) in [7, 11) is 0. The number of rotatable bonds is 3. The van der Waals surface area contributed by atoms with Gasteiger partial charge in [-0.15, -0.1) is 0 Å². The Labute approximate surface area is 162 Å². The van der Waals surface area contributed by atoms with Gasteiger partial charge in [0.2, 0.25) is 5.89 Å². The molecule has 0 aliphatic rings. The number of fused-ring (bicyclic) bond motifs is 1. The molecule has 0 fully saturated rings. The minimum Gasteiger partial charge on any atom is -0.436 e. The Morgan fingerprint density at radius 3 is 2.69 bits per heavy atom. The minimum atomic E-state index is -0.452. The number of carbonyl (C=O) groups excluding carboxylic acids is 1. The molecule has 1 N–H and O–H groups in total. The van der Waals surface area contributed by atoms with Crippen molar-refractivity contribution >= 4 is 45.3 Å². The van der Waals surface area contributed by atoms with Gasteiger partial charge >= 0.3 is 0 Å². The predicted octanol–water partition coefficient (Wildman–Crippen LogP) is 5.49. The molecule has 0 saturated carbocycles. The van der Waals surface area contributed by atoms with E-state index in [0.717, 1.165) is 9.13 Å². The largest absolute Gasteiger partial charge is 0.436 e. The number of halogens is 2. The topological polar surface area (TPSA) is 55.1 Å². The van der Waals surface area contributed by atoms with Crippen LogP contribution in [0.2, 0.25) is 0 Å². The maximum Gasteiger partial charge on any atom is 0.255 e. The molecule has 26 heavy (non-hydrogen) atoms. The highest BCUT2D eigenvalue weighted by molar-refractivity contribution is 14.1. The molecule has 0 spiro atoms. The maximum absolute atomic E-state index is 13.3. The van der Waals surface area contributed by atoms with Gasteiger partial charge in [-0.3, -0.25) is 4.79 Å². The molecule has 0 bridgehead atoms. The SMILES string of the molecule is O=C(Nc1ccc2oc(-c3cccc(I)c3)nc2c1)c1cccc(F)c1. The molecule has 4 nitrogen and oxygen atoms in total. The van der Waals surface area contributed by atoms with E-state index in [0.29, 0.717) is 22.7 Å². The van der Waals surface area contributed by atoms with Gasteiger partial charge in [0.05, 0.1) is 0 Å². The number of aromatic nitrogens is 1. The maximum atomic E-state index is 13.3. The molecule has 3 aromatic carbocycles. The first-order valence-corrected chi connectivity index (χ1v) is 8.90. The van der Waals surface area contributed by atoms with Gasteiger partial charge in [0.15, 0.2) is 5.58 Å². The van der Waals surface area contributed by atoms with Gasteiger partial charge in [0.25, 0.3) is 5.91 Å². The van der Waals surface area contributed by atoms with Crippen LogP contribution in [-0.2, 0) is 0 Å². The van der Waals surface area contributed by atoms with Crippen LogP contribution in [0.25, 0.3) is 22.6 Å². The molecule has 1 aromatic heterocycles. The van der Waals surface area contributed by atoms with E-state index >= 15 is 0 Å². The van der Waals surface area contributed by atoms with Gasteiger partial charge in [-0.05, 0) is 77.2 Å². The zero-order valence-electron chi connectivity index (χ0n) is 13.4.